The first-order valence-electron chi connectivity index (χ1n) is 11.1. The summed E-state index contributed by atoms with van der Waals surface area (Å²) in [6.45, 7) is 0.709. The second-order valence-electron chi connectivity index (χ2n) is 8.33. The Labute approximate surface area is 217 Å². The molecule has 0 unspecified atom stereocenters. The van der Waals surface area contributed by atoms with Crippen molar-refractivity contribution in [3.63, 3.8) is 0 Å². The molecule has 2 aliphatic rings. The van der Waals surface area contributed by atoms with Crippen LogP contribution in [0, 0.1) is 0 Å². The number of amides is 2. The summed E-state index contributed by atoms with van der Waals surface area (Å²) in [5.74, 6) is -5.24. The largest absolute Gasteiger partial charge is 2.00 e. The molecule has 2 fully saturated rings. The average molecular weight is 565 g/mol. The summed E-state index contributed by atoms with van der Waals surface area (Å²) in [6, 6.07) is 0. The fraction of sp³-hybridized carbons (Fsp3) is 0.700. The summed E-state index contributed by atoms with van der Waals surface area (Å²) in [5, 5.41) is 28.1. The molecule has 16 heteroatoms. The number of carboxylic acid groups (broad SMARTS) is 3. The molecular formula is C20H31CuN5O10+2. The molecule has 36 heavy (non-hydrogen) atoms. The minimum Gasteiger partial charge on any atom is -0.480 e. The van der Waals surface area contributed by atoms with Gasteiger partial charge in [0.1, 0.15) is 0 Å². The van der Waals surface area contributed by atoms with Crippen molar-refractivity contribution in [2.75, 3.05) is 78.5 Å². The monoisotopic (exact) mass is 565 g/mol. The maximum atomic E-state index is 12.4. The molecule has 2 rings (SSSR count). The molecule has 2 saturated heterocycles. The van der Waals surface area contributed by atoms with Crippen LogP contribution in [0.3, 0.4) is 0 Å². The molecule has 2 amide bonds. The van der Waals surface area contributed by atoms with Crippen LogP contribution < -0.4 is 0 Å². The Balaban J connectivity index is 0.00000648. The quantitative estimate of drug-likeness (QED) is 0.190. The van der Waals surface area contributed by atoms with Crippen molar-refractivity contribution in [3.8, 4) is 0 Å². The van der Waals surface area contributed by atoms with Gasteiger partial charge < -0.3 is 20.2 Å². The summed E-state index contributed by atoms with van der Waals surface area (Å²) < 4.78 is 0. The summed E-state index contributed by atoms with van der Waals surface area (Å²) >= 11 is 0. The van der Waals surface area contributed by atoms with Crippen LogP contribution >= 0.6 is 0 Å². The van der Waals surface area contributed by atoms with E-state index in [2.05, 4.69) is 0 Å². The number of carbonyl (C=O) groups excluding carboxylic acids is 3. The minimum atomic E-state index is -1.06. The molecule has 0 aliphatic carbocycles. The Hall–Kier alpha value is -2.62. The van der Waals surface area contributed by atoms with Gasteiger partial charge in [-0.1, -0.05) is 0 Å². The second-order valence-corrected chi connectivity index (χ2v) is 8.33. The molecule has 0 atom stereocenters. The van der Waals surface area contributed by atoms with Crippen molar-refractivity contribution in [3.05, 3.63) is 0 Å². The molecule has 0 saturated carbocycles. The van der Waals surface area contributed by atoms with Crippen LogP contribution in [0.4, 0.5) is 0 Å². The molecule has 15 nitrogen and oxygen atoms in total. The standard InChI is InChI=1S/C20H31N5O10.Cu/c26-15-1-2-16(27)25(15)35-20(34)14-24-9-7-22(12-18(30)31)5-3-21(11-17(28)29)4-6-23(8-10-24)13-19(32)33;/h1-14H2,(H,28,29)(H,30,31)(H,32,33);/q;+2/i;1+0. The Kier molecular flexibility index (Phi) is 13.5. The maximum absolute atomic E-state index is 12.4. The van der Waals surface area contributed by atoms with Crippen LogP contribution in [-0.4, -0.2) is 154 Å². The smallest absolute Gasteiger partial charge is 0.480 e. The molecule has 3 N–H and O–H groups in total. The molecule has 0 aromatic carbocycles. The number of nitrogens with zero attached hydrogens (tertiary/aromatic N) is 5. The van der Waals surface area contributed by atoms with Gasteiger partial charge in [0.15, 0.2) is 0 Å². The molecule has 2 heterocycles. The van der Waals surface area contributed by atoms with Gasteiger partial charge >= 0.3 is 40.9 Å². The van der Waals surface area contributed by atoms with E-state index in [1.807, 2.05) is 0 Å². The molecular weight excluding hydrogens is 534 g/mol. The van der Waals surface area contributed by atoms with Gasteiger partial charge in [-0.3, -0.25) is 43.6 Å². The van der Waals surface area contributed by atoms with E-state index in [1.165, 1.54) is 0 Å². The molecule has 0 bridgehead atoms. The van der Waals surface area contributed by atoms with Gasteiger partial charge in [-0.15, -0.1) is 5.06 Å². The summed E-state index contributed by atoms with van der Waals surface area (Å²) in [7, 11) is 0. The van der Waals surface area contributed by atoms with Crippen molar-refractivity contribution in [1.82, 2.24) is 24.7 Å². The molecule has 0 spiro atoms. The first-order chi connectivity index (χ1) is 16.5. The first kappa shape index (κ1) is 31.4. The number of carboxylic acids is 3. The number of rotatable bonds is 9. The molecule has 0 aromatic heterocycles. The van der Waals surface area contributed by atoms with E-state index >= 15 is 0 Å². The number of imide groups is 1. The van der Waals surface area contributed by atoms with Gasteiger partial charge in [0.25, 0.3) is 11.8 Å². The van der Waals surface area contributed by atoms with Gasteiger partial charge in [0.2, 0.25) is 0 Å². The van der Waals surface area contributed by atoms with Gasteiger partial charge in [-0.2, -0.15) is 0 Å². The maximum Gasteiger partial charge on any atom is 2.00 e. The van der Waals surface area contributed by atoms with Gasteiger partial charge in [0, 0.05) is 65.2 Å². The van der Waals surface area contributed by atoms with E-state index in [0.717, 1.165) is 0 Å². The van der Waals surface area contributed by atoms with E-state index in [-0.39, 0.29) is 108 Å². The van der Waals surface area contributed by atoms with Crippen LogP contribution in [-0.2, 0) is 50.7 Å². The molecule has 205 valence electrons. The SMILES string of the molecule is O=C(O)CN1CCN(CC(=O)O)CCN(CC(=O)ON2C(=O)CCC2=O)CCN(CC(=O)O)CC1.[64Cu+2]. The van der Waals surface area contributed by atoms with Crippen molar-refractivity contribution in [2.45, 2.75) is 12.8 Å². The summed E-state index contributed by atoms with van der Waals surface area (Å²) in [4.78, 5) is 81.0. The van der Waals surface area contributed by atoms with Gasteiger partial charge in [0.05, 0.1) is 26.2 Å². The fourth-order valence-electron chi connectivity index (χ4n) is 3.76. The Morgan fingerprint density at radius 3 is 1.14 bits per heavy atom. The van der Waals surface area contributed by atoms with Crippen molar-refractivity contribution in [1.29, 1.82) is 0 Å². The predicted octanol–water partition coefficient (Wildman–Crippen LogP) is -2.93. The average Bonchev–Trinajstić information content (AvgIpc) is 3.06. The number of carbonyl (C=O) groups is 6. The van der Waals surface area contributed by atoms with E-state index in [1.54, 1.807) is 19.6 Å². The summed E-state index contributed by atoms with van der Waals surface area (Å²) in [6.07, 6.45) is -0.0773. The second kappa shape index (κ2) is 15.5. The fourth-order valence-corrected chi connectivity index (χ4v) is 3.76. The molecule has 0 aromatic rings. The normalized spacial score (nSPS) is 19.7. The number of aliphatic carboxylic acids is 3. The van der Waals surface area contributed by atoms with Crippen molar-refractivity contribution in [2.24, 2.45) is 0 Å². The van der Waals surface area contributed by atoms with Gasteiger partial charge in [-0.25, -0.2) is 4.79 Å². The van der Waals surface area contributed by atoms with Crippen molar-refractivity contribution < 1.29 is 66.0 Å². The first-order valence-corrected chi connectivity index (χ1v) is 11.1. The predicted molar refractivity (Wildman–Crippen MR) is 116 cm³/mol. The third-order valence-corrected chi connectivity index (χ3v) is 5.56. The Morgan fingerprint density at radius 2 is 0.861 bits per heavy atom. The Morgan fingerprint density at radius 1 is 0.583 bits per heavy atom. The van der Waals surface area contributed by atoms with Crippen LogP contribution in [0.5, 0.6) is 0 Å². The van der Waals surface area contributed by atoms with E-state index in [0.29, 0.717) is 5.06 Å². The third-order valence-electron chi connectivity index (χ3n) is 5.56. The van der Waals surface area contributed by atoms with Crippen LogP contribution in [0.15, 0.2) is 0 Å². The van der Waals surface area contributed by atoms with E-state index in [4.69, 9.17) is 4.84 Å². The number of hydrogen-bond donors (Lipinski definition) is 3. The Bertz CT molecular complexity index is 781. The minimum absolute atomic E-state index is 0. The zero-order valence-electron chi connectivity index (χ0n) is 19.6. The zero-order valence-corrected chi connectivity index (χ0v) is 20.6. The van der Waals surface area contributed by atoms with Crippen LogP contribution in [0.25, 0.3) is 0 Å². The van der Waals surface area contributed by atoms with E-state index in [9.17, 15) is 44.1 Å². The molecule has 2 aliphatic heterocycles. The summed E-state index contributed by atoms with van der Waals surface area (Å²) in [5.41, 5.74) is 0. The topological polar surface area (TPSA) is 189 Å². The van der Waals surface area contributed by atoms with Crippen molar-refractivity contribution >= 4 is 35.7 Å². The third kappa shape index (κ3) is 11.4. The number of hydroxylamine groups is 2. The van der Waals surface area contributed by atoms with Crippen LogP contribution in [0.2, 0.25) is 0 Å². The number of hydrogen-bond acceptors (Lipinski definition) is 11. The van der Waals surface area contributed by atoms with Gasteiger partial charge in [-0.05, 0) is 0 Å². The van der Waals surface area contributed by atoms with Crippen LogP contribution in [0.1, 0.15) is 12.8 Å². The zero-order chi connectivity index (χ0) is 26.0. The molecule has 1 radical (unpaired) electrons. The van der Waals surface area contributed by atoms with E-state index < -0.39 is 35.7 Å².